The summed E-state index contributed by atoms with van der Waals surface area (Å²) in [7, 11) is 3.17. The van der Waals surface area contributed by atoms with E-state index >= 15 is 0 Å². The number of carbonyl (C=O) groups excluding carboxylic acids is 2. The first-order valence-corrected chi connectivity index (χ1v) is 14.2. The number of nitrogens with one attached hydrogen (secondary N) is 1. The van der Waals surface area contributed by atoms with Crippen LogP contribution in [0.15, 0.2) is 65.4 Å². The standard InChI is InChI=1S/C32H32N4O7/c1-39-26-9-8-22-17-28(26)41-14-4-12-33-30(37)10-7-20-5-3-6-23(15-20)42-29-16-21-11-13-36(32(38)25-19-34-43-35-25)31(22)24(21)18-27(29)40-2/h3,5-6,8-9,15-19,31H,4,7,10-14H2,1-2H3,(H,33,37). The average Bonchev–Trinajstić information content (AvgIpc) is 3.57. The maximum absolute atomic E-state index is 13.7. The number of rotatable bonds is 3. The number of hydrogen-bond acceptors (Lipinski definition) is 9. The van der Waals surface area contributed by atoms with E-state index in [4.69, 9.17) is 23.6 Å². The second-order valence-electron chi connectivity index (χ2n) is 10.4. The van der Waals surface area contributed by atoms with Gasteiger partial charge in [0.25, 0.3) is 5.91 Å². The molecule has 1 atom stereocenters. The minimum absolute atomic E-state index is 0.0285. The van der Waals surface area contributed by atoms with Gasteiger partial charge in [-0.15, -0.1) is 0 Å². The lowest BCUT2D eigenvalue weighted by Crippen LogP contribution is -2.40. The molecule has 0 aliphatic carbocycles. The number of hydrogen-bond donors (Lipinski definition) is 1. The lowest BCUT2D eigenvalue weighted by Gasteiger charge is -2.38. The molecule has 3 aromatic carbocycles. The van der Waals surface area contributed by atoms with Crippen LogP contribution in [0.1, 0.15) is 51.6 Å². The van der Waals surface area contributed by atoms with E-state index in [1.54, 1.807) is 19.1 Å². The first kappa shape index (κ1) is 28.1. The summed E-state index contributed by atoms with van der Waals surface area (Å²) in [5.41, 5.74) is 3.83. The molecule has 4 heterocycles. The van der Waals surface area contributed by atoms with E-state index in [1.807, 2.05) is 54.6 Å². The van der Waals surface area contributed by atoms with Crippen LogP contribution in [-0.2, 0) is 17.6 Å². The number of carbonyl (C=O) groups is 2. The van der Waals surface area contributed by atoms with Crippen LogP contribution in [0.2, 0.25) is 0 Å². The molecule has 43 heavy (non-hydrogen) atoms. The monoisotopic (exact) mass is 584 g/mol. The van der Waals surface area contributed by atoms with E-state index in [0.29, 0.717) is 74.1 Å². The van der Waals surface area contributed by atoms with Gasteiger partial charge in [0.15, 0.2) is 28.7 Å². The molecule has 8 bridgehead atoms. The first-order valence-electron chi connectivity index (χ1n) is 14.2. The van der Waals surface area contributed by atoms with Crippen LogP contribution in [0.5, 0.6) is 28.7 Å². The van der Waals surface area contributed by atoms with E-state index < -0.39 is 6.04 Å². The molecule has 1 N–H and O–H groups in total. The van der Waals surface area contributed by atoms with Gasteiger partial charge in [-0.05, 0) is 83.1 Å². The number of nitrogens with zero attached hydrogens (tertiary/aromatic N) is 3. The van der Waals surface area contributed by atoms with Gasteiger partial charge in [-0.3, -0.25) is 9.59 Å². The van der Waals surface area contributed by atoms with Gasteiger partial charge in [0.05, 0.1) is 26.9 Å². The van der Waals surface area contributed by atoms with E-state index in [9.17, 15) is 9.59 Å². The molecule has 7 rings (SSSR count). The maximum Gasteiger partial charge on any atom is 0.278 e. The summed E-state index contributed by atoms with van der Waals surface area (Å²) in [4.78, 5) is 27.9. The fourth-order valence-corrected chi connectivity index (χ4v) is 5.55. The lowest BCUT2D eigenvalue weighted by molar-refractivity contribution is -0.121. The van der Waals surface area contributed by atoms with Crippen LogP contribution in [0, 0.1) is 0 Å². The normalized spacial score (nSPS) is 16.8. The molecule has 0 fully saturated rings. The number of benzene rings is 3. The van der Waals surface area contributed by atoms with Gasteiger partial charge < -0.3 is 29.2 Å². The third kappa shape index (κ3) is 5.97. The van der Waals surface area contributed by atoms with Gasteiger partial charge >= 0.3 is 0 Å². The van der Waals surface area contributed by atoms with Crippen LogP contribution in [0.4, 0.5) is 0 Å². The Bertz CT molecular complexity index is 1620. The van der Waals surface area contributed by atoms with Crippen LogP contribution in [0.25, 0.3) is 0 Å². The molecular formula is C32H32N4O7. The zero-order chi connectivity index (χ0) is 29.8. The highest BCUT2D eigenvalue weighted by atomic mass is 16.6. The predicted octanol–water partition coefficient (Wildman–Crippen LogP) is 4.50. The Kier molecular flexibility index (Phi) is 8.12. The van der Waals surface area contributed by atoms with Crippen LogP contribution >= 0.6 is 0 Å². The Morgan fingerprint density at radius 2 is 1.88 bits per heavy atom. The second-order valence-corrected chi connectivity index (χ2v) is 10.4. The largest absolute Gasteiger partial charge is 0.493 e. The van der Waals surface area contributed by atoms with Crippen molar-refractivity contribution >= 4 is 11.8 Å². The van der Waals surface area contributed by atoms with Gasteiger partial charge in [-0.25, -0.2) is 4.63 Å². The Hall–Kier alpha value is -5.06. The molecule has 4 aromatic rings. The summed E-state index contributed by atoms with van der Waals surface area (Å²) >= 11 is 0. The highest BCUT2D eigenvalue weighted by molar-refractivity contribution is 5.92. The van der Waals surface area contributed by atoms with E-state index in [0.717, 1.165) is 22.3 Å². The van der Waals surface area contributed by atoms with E-state index in [1.165, 1.54) is 6.20 Å². The topological polar surface area (TPSA) is 125 Å². The molecule has 1 aromatic heterocycles. The zero-order valence-corrected chi connectivity index (χ0v) is 24.0. The van der Waals surface area contributed by atoms with Crippen molar-refractivity contribution in [2.45, 2.75) is 31.7 Å². The van der Waals surface area contributed by atoms with Crippen LogP contribution < -0.4 is 24.3 Å². The minimum Gasteiger partial charge on any atom is -0.493 e. The summed E-state index contributed by atoms with van der Waals surface area (Å²) in [6.07, 6.45) is 3.45. The summed E-state index contributed by atoms with van der Waals surface area (Å²) in [5, 5.41) is 10.4. The number of methoxy groups -OCH3 is 2. The van der Waals surface area contributed by atoms with Crippen LogP contribution in [-0.4, -0.2) is 60.9 Å². The Morgan fingerprint density at radius 1 is 1.00 bits per heavy atom. The summed E-state index contributed by atoms with van der Waals surface area (Å²) in [6.45, 7) is 1.27. The maximum atomic E-state index is 13.7. The zero-order valence-electron chi connectivity index (χ0n) is 24.0. The first-order chi connectivity index (χ1) is 21.0. The van der Waals surface area contributed by atoms with Gasteiger partial charge in [-0.1, -0.05) is 23.4 Å². The number of fused-ring (bicyclic) bond motifs is 8. The van der Waals surface area contributed by atoms with Gasteiger partial charge in [0, 0.05) is 19.5 Å². The van der Waals surface area contributed by atoms with Gasteiger partial charge in [-0.2, -0.15) is 0 Å². The quantitative estimate of drug-likeness (QED) is 0.371. The number of aryl methyl sites for hydroxylation is 1. The minimum atomic E-state index is -0.502. The lowest BCUT2D eigenvalue weighted by atomic mass is 9.87. The molecule has 2 amide bonds. The fraction of sp³-hybridized carbons (Fsp3) is 0.312. The highest BCUT2D eigenvalue weighted by Gasteiger charge is 2.35. The fourth-order valence-electron chi connectivity index (χ4n) is 5.55. The van der Waals surface area contributed by atoms with Gasteiger partial charge in [0.2, 0.25) is 5.91 Å². The van der Waals surface area contributed by atoms with Crippen molar-refractivity contribution in [1.82, 2.24) is 20.5 Å². The van der Waals surface area contributed by atoms with Crippen molar-refractivity contribution in [2.24, 2.45) is 0 Å². The van der Waals surface area contributed by atoms with Crippen molar-refractivity contribution in [3.63, 3.8) is 0 Å². The molecule has 0 saturated heterocycles. The van der Waals surface area contributed by atoms with Crippen molar-refractivity contribution in [2.75, 3.05) is 33.9 Å². The molecule has 1 unspecified atom stereocenters. The number of aromatic nitrogens is 2. The van der Waals surface area contributed by atoms with Gasteiger partial charge in [0.1, 0.15) is 11.9 Å². The summed E-state index contributed by atoms with van der Waals surface area (Å²) in [6, 6.07) is 16.7. The SMILES string of the molecule is COc1ccc2cc1OCCCNC(=O)CCc1cccc(c1)Oc1cc3c(cc1OC)C2N(C(=O)c1cnon1)CC3. The highest BCUT2D eigenvalue weighted by Crippen LogP contribution is 2.44. The molecule has 3 aliphatic rings. The molecule has 0 saturated carbocycles. The third-order valence-corrected chi connectivity index (χ3v) is 7.67. The van der Waals surface area contributed by atoms with Crippen molar-refractivity contribution in [1.29, 1.82) is 0 Å². The molecule has 3 aliphatic heterocycles. The molecule has 0 radical (unpaired) electrons. The van der Waals surface area contributed by atoms with E-state index in [-0.39, 0.29) is 17.5 Å². The van der Waals surface area contributed by atoms with Crippen molar-refractivity contribution in [3.8, 4) is 28.7 Å². The van der Waals surface area contributed by atoms with Crippen molar-refractivity contribution < 1.29 is 33.2 Å². The van der Waals surface area contributed by atoms with Crippen LogP contribution in [0.3, 0.4) is 0 Å². The Morgan fingerprint density at radius 3 is 2.70 bits per heavy atom. The van der Waals surface area contributed by atoms with Crippen molar-refractivity contribution in [3.05, 3.63) is 88.7 Å². The Labute approximate surface area is 248 Å². The molecular weight excluding hydrogens is 552 g/mol. The molecule has 222 valence electrons. The molecule has 11 heteroatoms. The number of ether oxygens (including phenoxy) is 4. The third-order valence-electron chi connectivity index (χ3n) is 7.67. The smallest absolute Gasteiger partial charge is 0.278 e. The Balaban J connectivity index is 1.47. The predicted molar refractivity (Wildman–Crippen MR) is 155 cm³/mol. The van der Waals surface area contributed by atoms with E-state index in [2.05, 4.69) is 15.6 Å². The summed E-state index contributed by atoms with van der Waals surface area (Å²) < 4.78 is 28.6. The second kappa shape index (κ2) is 12.4. The number of amides is 2. The average molecular weight is 585 g/mol. The molecule has 0 spiro atoms. The molecule has 11 nitrogen and oxygen atoms in total. The summed E-state index contributed by atoms with van der Waals surface area (Å²) in [5.74, 6) is 2.48.